The summed E-state index contributed by atoms with van der Waals surface area (Å²) in [6, 6.07) is 6.18. The molecule has 0 spiro atoms. The van der Waals surface area contributed by atoms with Gasteiger partial charge in [0, 0.05) is 24.1 Å². The first kappa shape index (κ1) is 16.5. The number of hydrogen-bond acceptors (Lipinski definition) is 2. The Balaban J connectivity index is 2.82. The molecule has 0 atom stereocenters. The van der Waals surface area contributed by atoms with Crippen LogP contribution in [0.1, 0.15) is 33.3 Å². The Bertz CT molecular complexity index is 380. The summed E-state index contributed by atoms with van der Waals surface area (Å²) < 4.78 is 6.47. The van der Waals surface area contributed by atoms with E-state index < -0.39 is 0 Å². The van der Waals surface area contributed by atoms with Gasteiger partial charge in [0.25, 0.3) is 0 Å². The van der Waals surface area contributed by atoms with Crippen LogP contribution in [0.3, 0.4) is 0 Å². The van der Waals surface area contributed by atoms with Crippen LogP contribution in [-0.2, 0) is 6.54 Å². The van der Waals surface area contributed by atoms with E-state index in [9.17, 15) is 0 Å². The molecule has 0 aliphatic rings. The van der Waals surface area contributed by atoms with E-state index in [2.05, 4.69) is 60.7 Å². The van der Waals surface area contributed by atoms with Gasteiger partial charge in [0.05, 0.1) is 7.11 Å². The smallest absolute Gasteiger partial charge is 0.119 e. The zero-order valence-corrected chi connectivity index (χ0v) is 14.3. The predicted molar refractivity (Wildman–Crippen MR) is 85.6 cm³/mol. The molecule has 0 heterocycles. The van der Waals surface area contributed by atoms with Gasteiger partial charge in [0.1, 0.15) is 5.75 Å². The van der Waals surface area contributed by atoms with Crippen LogP contribution in [0.5, 0.6) is 5.75 Å². The van der Waals surface area contributed by atoms with Crippen LogP contribution in [0, 0.1) is 11.8 Å². The maximum atomic E-state index is 5.31. The van der Waals surface area contributed by atoms with Crippen LogP contribution >= 0.6 is 15.9 Å². The van der Waals surface area contributed by atoms with E-state index in [1.807, 2.05) is 6.07 Å². The topological polar surface area (TPSA) is 12.5 Å². The number of ether oxygens (including phenoxy) is 1. The molecule has 1 rings (SSSR count). The molecule has 0 saturated heterocycles. The number of halogens is 1. The second-order valence-electron chi connectivity index (χ2n) is 5.94. The average Bonchev–Trinajstić information content (AvgIpc) is 2.30. The largest absolute Gasteiger partial charge is 0.497 e. The zero-order chi connectivity index (χ0) is 14.4. The molecule has 1 aromatic carbocycles. The van der Waals surface area contributed by atoms with Gasteiger partial charge in [-0.15, -0.1) is 0 Å². The molecule has 0 radical (unpaired) electrons. The summed E-state index contributed by atoms with van der Waals surface area (Å²) in [5, 5.41) is 0. The first-order valence-corrected chi connectivity index (χ1v) is 7.76. The summed E-state index contributed by atoms with van der Waals surface area (Å²) in [4.78, 5) is 2.52. The van der Waals surface area contributed by atoms with E-state index in [-0.39, 0.29) is 0 Å². The highest BCUT2D eigenvalue weighted by molar-refractivity contribution is 9.10. The van der Waals surface area contributed by atoms with Crippen LogP contribution in [0.2, 0.25) is 0 Å². The number of hydrogen-bond donors (Lipinski definition) is 0. The normalized spacial score (nSPS) is 11.6. The van der Waals surface area contributed by atoms with Gasteiger partial charge >= 0.3 is 0 Å². The van der Waals surface area contributed by atoms with Crippen molar-refractivity contribution < 1.29 is 4.74 Å². The van der Waals surface area contributed by atoms with Crippen molar-refractivity contribution in [2.45, 2.75) is 34.2 Å². The maximum absolute atomic E-state index is 5.31. The van der Waals surface area contributed by atoms with Gasteiger partial charge in [-0.2, -0.15) is 0 Å². The predicted octanol–water partition coefficient (Wildman–Crippen LogP) is 4.57. The Labute approximate surface area is 126 Å². The summed E-state index contributed by atoms with van der Waals surface area (Å²) in [7, 11) is 1.72. The van der Waals surface area contributed by atoms with Gasteiger partial charge in [0.2, 0.25) is 0 Å². The number of methoxy groups -OCH3 is 1. The van der Waals surface area contributed by atoms with Crippen molar-refractivity contribution in [3.63, 3.8) is 0 Å². The summed E-state index contributed by atoms with van der Waals surface area (Å²) in [5.74, 6) is 2.29. The fourth-order valence-electron chi connectivity index (χ4n) is 2.28. The molecule has 0 unspecified atom stereocenters. The molecular weight excluding hydrogens is 302 g/mol. The molecule has 1 aromatic rings. The van der Waals surface area contributed by atoms with Gasteiger partial charge in [-0.25, -0.2) is 0 Å². The van der Waals surface area contributed by atoms with Gasteiger partial charge in [0.15, 0.2) is 0 Å². The highest BCUT2D eigenvalue weighted by Gasteiger charge is 2.12. The zero-order valence-electron chi connectivity index (χ0n) is 12.7. The fraction of sp³-hybridized carbons (Fsp3) is 0.625. The minimum absolute atomic E-state index is 0.683. The maximum Gasteiger partial charge on any atom is 0.119 e. The molecule has 0 aromatic heterocycles. The van der Waals surface area contributed by atoms with Crippen molar-refractivity contribution in [2.75, 3.05) is 20.2 Å². The SMILES string of the molecule is COc1ccc(Br)c(CN(CC(C)C)CC(C)C)c1. The number of benzene rings is 1. The van der Waals surface area contributed by atoms with Crippen molar-refractivity contribution >= 4 is 15.9 Å². The third-order valence-electron chi connectivity index (χ3n) is 2.89. The van der Waals surface area contributed by atoms with E-state index in [1.54, 1.807) is 7.11 Å². The molecule has 0 bridgehead atoms. The fourth-order valence-corrected chi connectivity index (χ4v) is 2.65. The average molecular weight is 328 g/mol. The van der Waals surface area contributed by atoms with Gasteiger partial charge in [-0.3, -0.25) is 4.90 Å². The monoisotopic (exact) mass is 327 g/mol. The molecule has 0 fully saturated rings. The van der Waals surface area contributed by atoms with Crippen LogP contribution in [0.4, 0.5) is 0 Å². The van der Waals surface area contributed by atoms with Crippen molar-refractivity contribution in [1.82, 2.24) is 4.90 Å². The lowest BCUT2D eigenvalue weighted by molar-refractivity contribution is 0.211. The molecule has 2 nitrogen and oxygen atoms in total. The highest BCUT2D eigenvalue weighted by Crippen LogP contribution is 2.24. The second kappa shape index (κ2) is 7.91. The third kappa shape index (κ3) is 5.96. The van der Waals surface area contributed by atoms with E-state index in [1.165, 1.54) is 5.56 Å². The van der Waals surface area contributed by atoms with E-state index in [0.29, 0.717) is 11.8 Å². The summed E-state index contributed by atoms with van der Waals surface area (Å²) in [5.41, 5.74) is 1.29. The standard InChI is InChI=1S/C16H26BrNO/c1-12(2)9-18(10-13(3)4)11-14-8-15(19-5)6-7-16(14)17/h6-8,12-13H,9-11H2,1-5H3. The highest BCUT2D eigenvalue weighted by atomic mass is 79.9. The molecule has 0 saturated carbocycles. The summed E-state index contributed by atoms with van der Waals surface area (Å²) >= 11 is 3.64. The molecule has 108 valence electrons. The van der Waals surface area contributed by atoms with Crippen LogP contribution in [0.25, 0.3) is 0 Å². The van der Waals surface area contributed by atoms with Crippen molar-refractivity contribution in [1.29, 1.82) is 0 Å². The minimum atomic E-state index is 0.683. The van der Waals surface area contributed by atoms with E-state index in [0.717, 1.165) is 29.9 Å². The van der Waals surface area contributed by atoms with Gasteiger partial charge in [-0.05, 0) is 35.6 Å². The minimum Gasteiger partial charge on any atom is -0.497 e. The van der Waals surface area contributed by atoms with Gasteiger partial charge < -0.3 is 4.74 Å². The van der Waals surface area contributed by atoms with E-state index in [4.69, 9.17) is 4.74 Å². The van der Waals surface area contributed by atoms with Crippen LogP contribution in [-0.4, -0.2) is 25.1 Å². The summed E-state index contributed by atoms with van der Waals surface area (Å²) in [6.07, 6.45) is 0. The number of rotatable bonds is 7. The molecule has 0 N–H and O–H groups in total. The number of nitrogens with zero attached hydrogens (tertiary/aromatic N) is 1. The van der Waals surface area contributed by atoms with Gasteiger partial charge in [-0.1, -0.05) is 43.6 Å². The molecule has 0 aliphatic carbocycles. The third-order valence-corrected chi connectivity index (χ3v) is 3.67. The first-order chi connectivity index (χ1) is 8.92. The summed E-state index contributed by atoms with van der Waals surface area (Å²) in [6.45, 7) is 12.3. The molecule has 0 aliphatic heterocycles. The Hall–Kier alpha value is -0.540. The Morgan fingerprint density at radius 2 is 1.68 bits per heavy atom. The van der Waals surface area contributed by atoms with Crippen molar-refractivity contribution in [3.8, 4) is 5.75 Å². The Kier molecular flexibility index (Phi) is 6.87. The molecular formula is C16H26BrNO. The molecule has 19 heavy (non-hydrogen) atoms. The van der Waals surface area contributed by atoms with Crippen molar-refractivity contribution in [2.24, 2.45) is 11.8 Å². The Morgan fingerprint density at radius 1 is 1.11 bits per heavy atom. The molecule has 3 heteroatoms. The van der Waals surface area contributed by atoms with Crippen LogP contribution < -0.4 is 4.74 Å². The second-order valence-corrected chi connectivity index (χ2v) is 6.79. The lowest BCUT2D eigenvalue weighted by atomic mass is 10.1. The van der Waals surface area contributed by atoms with E-state index >= 15 is 0 Å². The quantitative estimate of drug-likeness (QED) is 0.727. The lowest BCUT2D eigenvalue weighted by Gasteiger charge is -2.26. The van der Waals surface area contributed by atoms with Crippen LogP contribution in [0.15, 0.2) is 22.7 Å². The lowest BCUT2D eigenvalue weighted by Crippen LogP contribution is -2.31. The Morgan fingerprint density at radius 3 is 2.16 bits per heavy atom. The molecule has 0 amide bonds. The first-order valence-electron chi connectivity index (χ1n) is 6.97. The van der Waals surface area contributed by atoms with Crippen molar-refractivity contribution in [3.05, 3.63) is 28.2 Å².